The molecule has 0 aliphatic carbocycles. The fourth-order valence-corrected chi connectivity index (χ4v) is 4.97. The minimum absolute atomic E-state index is 0. The van der Waals surface area contributed by atoms with Gasteiger partial charge in [0.2, 0.25) is 0 Å². The molecule has 1 saturated heterocycles. The molecule has 33 heavy (non-hydrogen) atoms. The number of anilines is 2. The number of piperazine rings is 1. The quantitative estimate of drug-likeness (QED) is 0.681. The van der Waals surface area contributed by atoms with Crippen molar-refractivity contribution in [2.45, 2.75) is 53.1 Å². The van der Waals surface area contributed by atoms with Gasteiger partial charge >= 0.3 is 0 Å². The molecule has 0 radical (unpaired) electrons. The number of phenolic OH excluding ortho intramolecular Hbond substituents is 1. The summed E-state index contributed by atoms with van der Waals surface area (Å²) in [5, 5.41) is 13.9. The molecule has 1 fully saturated rings. The van der Waals surface area contributed by atoms with Crippen molar-refractivity contribution in [2.24, 2.45) is 0 Å². The van der Waals surface area contributed by atoms with Gasteiger partial charge in [-0.25, -0.2) is 4.98 Å². The number of fused-ring (bicyclic) bond motifs is 1. The third-order valence-corrected chi connectivity index (χ3v) is 6.98. The third-order valence-electron chi connectivity index (χ3n) is 6.98. The van der Waals surface area contributed by atoms with Crippen LogP contribution in [0.15, 0.2) is 18.3 Å². The number of ether oxygens (including phenoxy) is 1. The van der Waals surface area contributed by atoms with Crippen molar-refractivity contribution >= 4 is 23.9 Å². The van der Waals surface area contributed by atoms with Crippen molar-refractivity contribution < 1.29 is 15.3 Å². The first kappa shape index (κ1) is 27.0. The zero-order chi connectivity index (χ0) is 22.2. The lowest BCUT2D eigenvalue weighted by molar-refractivity contribution is 0.0226. The Morgan fingerprint density at radius 1 is 1.12 bits per heavy atom. The summed E-state index contributed by atoms with van der Waals surface area (Å²) in [6.45, 7) is 16.1. The molecule has 1 unspecified atom stereocenters. The molecule has 3 heterocycles. The van der Waals surface area contributed by atoms with E-state index in [0.29, 0.717) is 5.75 Å². The standard InChI is InChI=1S/C25H36N4O2.ClH.H2O/c1-6-26-21-8-7-11-27-24(21)29-14-12-28(13-15-29)16-25(5)10-9-20-19(4)22(30)17(2)18(3)23(20)31-25;;/h7-8,11,26,30H,6,9-10,12-16H2,1-5H3;1H;1H2. The molecule has 4 rings (SSSR count). The normalized spacial score (nSPS) is 20.2. The van der Waals surface area contributed by atoms with E-state index in [1.807, 2.05) is 26.1 Å². The molecule has 7 nitrogen and oxygen atoms in total. The van der Waals surface area contributed by atoms with Crippen LogP contribution < -0.4 is 15.0 Å². The van der Waals surface area contributed by atoms with Gasteiger partial charge in [-0.05, 0) is 76.3 Å². The van der Waals surface area contributed by atoms with Gasteiger partial charge in [-0.15, -0.1) is 12.4 Å². The summed E-state index contributed by atoms with van der Waals surface area (Å²) in [5.74, 6) is 2.47. The Labute approximate surface area is 203 Å². The number of aromatic nitrogens is 1. The zero-order valence-corrected chi connectivity index (χ0v) is 21.3. The molecule has 0 saturated carbocycles. The number of phenols is 1. The molecular formula is C25H39ClN4O3. The van der Waals surface area contributed by atoms with Crippen LogP contribution in [-0.2, 0) is 6.42 Å². The Hall–Kier alpha value is -2.22. The summed E-state index contributed by atoms with van der Waals surface area (Å²) in [6, 6.07) is 4.10. The molecule has 0 amide bonds. The molecule has 184 valence electrons. The SMILES string of the molecule is CCNc1cccnc1N1CCN(CC2(C)CCc3c(C)c(O)c(C)c(C)c3O2)CC1.Cl.O. The number of rotatable bonds is 5. The second-order valence-electron chi connectivity index (χ2n) is 9.25. The Balaban J connectivity index is 0.00000193. The maximum Gasteiger partial charge on any atom is 0.152 e. The number of pyridine rings is 1. The van der Waals surface area contributed by atoms with Crippen LogP contribution in [-0.4, -0.2) is 65.3 Å². The lowest BCUT2D eigenvalue weighted by atomic mass is 9.87. The Kier molecular flexibility index (Phi) is 8.85. The minimum Gasteiger partial charge on any atom is -0.507 e. The molecule has 2 aromatic rings. The average molecular weight is 479 g/mol. The van der Waals surface area contributed by atoms with Crippen molar-refractivity contribution in [3.8, 4) is 11.5 Å². The minimum atomic E-state index is -0.213. The van der Waals surface area contributed by atoms with Gasteiger partial charge in [0.1, 0.15) is 17.1 Å². The molecule has 2 aliphatic rings. The van der Waals surface area contributed by atoms with Crippen LogP contribution in [0.25, 0.3) is 0 Å². The van der Waals surface area contributed by atoms with Gasteiger partial charge in [0.05, 0.1) is 5.69 Å². The highest BCUT2D eigenvalue weighted by atomic mass is 35.5. The number of nitrogens with zero attached hydrogens (tertiary/aromatic N) is 3. The van der Waals surface area contributed by atoms with Gasteiger partial charge in [-0.1, -0.05) is 0 Å². The van der Waals surface area contributed by atoms with Gasteiger partial charge in [-0.3, -0.25) is 4.90 Å². The highest BCUT2D eigenvalue weighted by Crippen LogP contribution is 2.43. The summed E-state index contributed by atoms with van der Waals surface area (Å²) in [5.41, 5.74) is 5.05. The highest BCUT2D eigenvalue weighted by Gasteiger charge is 2.37. The van der Waals surface area contributed by atoms with E-state index in [-0.39, 0.29) is 23.5 Å². The van der Waals surface area contributed by atoms with Crippen LogP contribution in [0.5, 0.6) is 11.5 Å². The molecule has 4 N–H and O–H groups in total. The molecule has 1 aromatic heterocycles. The number of nitrogens with one attached hydrogen (secondary N) is 1. The first-order chi connectivity index (χ1) is 14.8. The zero-order valence-electron chi connectivity index (χ0n) is 20.5. The van der Waals surface area contributed by atoms with Gasteiger partial charge in [0.15, 0.2) is 5.82 Å². The van der Waals surface area contributed by atoms with E-state index in [9.17, 15) is 5.11 Å². The van der Waals surface area contributed by atoms with Crippen LogP contribution in [0.4, 0.5) is 11.5 Å². The topological polar surface area (TPSA) is 92.4 Å². The van der Waals surface area contributed by atoms with E-state index < -0.39 is 0 Å². The monoisotopic (exact) mass is 478 g/mol. The smallest absolute Gasteiger partial charge is 0.152 e. The Morgan fingerprint density at radius 3 is 2.48 bits per heavy atom. The van der Waals surface area contributed by atoms with Gasteiger partial charge in [0.25, 0.3) is 0 Å². The van der Waals surface area contributed by atoms with Crippen LogP contribution in [0, 0.1) is 20.8 Å². The van der Waals surface area contributed by atoms with E-state index in [1.165, 1.54) is 5.56 Å². The predicted octanol–water partition coefficient (Wildman–Crippen LogP) is 3.65. The van der Waals surface area contributed by atoms with Crippen molar-refractivity contribution in [3.63, 3.8) is 0 Å². The lowest BCUT2D eigenvalue weighted by Crippen LogP contribution is -2.54. The molecular weight excluding hydrogens is 440 g/mol. The van der Waals surface area contributed by atoms with E-state index in [4.69, 9.17) is 4.74 Å². The number of benzene rings is 1. The number of hydrogen-bond donors (Lipinski definition) is 2. The van der Waals surface area contributed by atoms with Crippen LogP contribution in [0.1, 0.15) is 42.5 Å². The fraction of sp³-hybridized carbons (Fsp3) is 0.560. The molecule has 8 heteroatoms. The molecule has 1 aromatic carbocycles. The van der Waals surface area contributed by atoms with E-state index in [1.54, 1.807) is 0 Å². The second kappa shape index (κ2) is 10.8. The summed E-state index contributed by atoms with van der Waals surface area (Å²) >= 11 is 0. The summed E-state index contributed by atoms with van der Waals surface area (Å²) in [7, 11) is 0. The van der Waals surface area contributed by atoms with Gasteiger partial charge in [-0.2, -0.15) is 0 Å². The van der Waals surface area contributed by atoms with E-state index in [0.717, 1.165) is 86.1 Å². The van der Waals surface area contributed by atoms with Crippen molar-refractivity contribution in [2.75, 3.05) is 49.5 Å². The molecule has 1 atom stereocenters. The second-order valence-corrected chi connectivity index (χ2v) is 9.25. The van der Waals surface area contributed by atoms with Crippen molar-refractivity contribution in [1.29, 1.82) is 0 Å². The predicted molar refractivity (Wildman–Crippen MR) is 138 cm³/mol. The number of halogens is 1. The van der Waals surface area contributed by atoms with Crippen LogP contribution in [0.2, 0.25) is 0 Å². The summed E-state index contributed by atoms with van der Waals surface area (Å²) in [4.78, 5) is 9.54. The maximum atomic E-state index is 10.4. The Morgan fingerprint density at radius 2 is 1.82 bits per heavy atom. The summed E-state index contributed by atoms with van der Waals surface area (Å²) < 4.78 is 6.64. The number of aromatic hydroxyl groups is 1. The van der Waals surface area contributed by atoms with Crippen molar-refractivity contribution in [1.82, 2.24) is 9.88 Å². The lowest BCUT2D eigenvalue weighted by Gasteiger charge is -2.43. The van der Waals surface area contributed by atoms with Gasteiger partial charge in [0, 0.05) is 51.0 Å². The number of hydrogen-bond acceptors (Lipinski definition) is 6. The third kappa shape index (κ3) is 5.31. The van der Waals surface area contributed by atoms with Crippen LogP contribution in [0.3, 0.4) is 0 Å². The van der Waals surface area contributed by atoms with Crippen LogP contribution >= 0.6 is 12.4 Å². The van der Waals surface area contributed by atoms with E-state index >= 15 is 0 Å². The van der Waals surface area contributed by atoms with E-state index in [2.05, 4.69) is 46.9 Å². The summed E-state index contributed by atoms with van der Waals surface area (Å²) in [6.07, 6.45) is 3.79. The van der Waals surface area contributed by atoms with Crippen molar-refractivity contribution in [3.05, 3.63) is 40.6 Å². The first-order valence-corrected chi connectivity index (χ1v) is 11.5. The largest absolute Gasteiger partial charge is 0.507 e. The average Bonchev–Trinajstić information content (AvgIpc) is 2.77. The molecule has 0 spiro atoms. The molecule has 0 bridgehead atoms. The molecule has 2 aliphatic heterocycles. The highest BCUT2D eigenvalue weighted by molar-refractivity contribution is 5.85. The fourth-order valence-electron chi connectivity index (χ4n) is 4.97. The Bertz CT molecular complexity index is 963. The maximum absolute atomic E-state index is 10.4. The van der Waals surface area contributed by atoms with Gasteiger partial charge < -0.3 is 25.5 Å². The first-order valence-electron chi connectivity index (χ1n) is 11.5.